The highest BCUT2D eigenvalue weighted by atomic mass is 35.5. The van der Waals surface area contributed by atoms with E-state index < -0.39 is 11.6 Å². The number of fused-ring (bicyclic) bond motifs is 4. The molecule has 11 nitrogen and oxygen atoms in total. The van der Waals surface area contributed by atoms with Gasteiger partial charge in [-0.15, -0.1) is 5.10 Å². The molecule has 6 rings (SSSR count). The van der Waals surface area contributed by atoms with Crippen LogP contribution in [-0.4, -0.2) is 45.2 Å². The lowest BCUT2D eigenvalue weighted by atomic mass is 9.97. The highest BCUT2D eigenvalue weighted by Gasteiger charge is 2.25. The lowest BCUT2D eigenvalue weighted by Gasteiger charge is -2.22. The smallest absolute Gasteiger partial charge is 0.273 e. The number of anilines is 1. The number of halogens is 3. The summed E-state index contributed by atoms with van der Waals surface area (Å²) in [5, 5.41) is 15.8. The van der Waals surface area contributed by atoms with Crippen LogP contribution in [0.4, 0.5) is 5.69 Å². The van der Waals surface area contributed by atoms with E-state index >= 15 is 0 Å². The summed E-state index contributed by atoms with van der Waals surface area (Å²) in [6, 6.07) is 8.32. The summed E-state index contributed by atoms with van der Waals surface area (Å²) in [6.45, 7) is 1.88. The molecular weight excluding hydrogens is 601 g/mol. The van der Waals surface area contributed by atoms with Crippen molar-refractivity contribution in [2.75, 3.05) is 5.32 Å². The van der Waals surface area contributed by atoms with Gasteiger partial charge in [-0.05, 0) is 43.2 Å². The summed E-state index contributed by atoms with van der Waals surface area (Å²) < 4.78 is 4.66. The van der Waals surface area contributed by atoms with Gasteiger partial charge in [-0.25, -0.2) is 9.67 Å². The third-order valence-electron chi connectivity index (χ3n) is 7.36. The first-order valence-electron chi connectivity index (χ1n) is 13.1. The van der Waals surface area contributed by atoms with Gasteiger partial charge in [0.05, 0.1) is 53.2 Å². The molecule has 4 aromatic heterocycles. The number of aromatic nitrogens is 8. The molecule has 0 fully saturated rings. The van der Waals surface area contributed by atoms with Crippen molar-refractivity contribution in [2.45, 2.75) is 32.2 Å². The fraction of sp³-hybridized carbons (Fsp3) is 0.250. The van der Waals surface area contributed by atoms with Gasteiger partial charge in [0.1, 0.15) is 5.02 Å². The molecule has 1 aromatic carbocycles. The average molecular weight is 625 g/mol. The van der Waals surface area contributed by atoms with Crippen molar-refractivity contribution < 1.29 is 4.79 Å². The first-order valence-corrected chi connectivity index (χ1v) is 14.3. The molecule has 42 heavy (non-hydrogen) atoms. The van der Waals surface area contributed by atoms with Crippen LogP contribution in [0.2, 0.25) is 15.2 Å². The monoisotopic (exact) mass is 623 g/mol. The molecule has 2 atom stereocenters. The highest BCUT2D eigenvalue weighted by Crippen LogP contribution is 2.34. The molecule has 5 aromatic rings. The number of carbonyl (C=O) groups excluding carboxylic acids is 1. The summed E-state index contributed by atoms with van der Waals surface area (Å²) in [6.07, 6.45) is 8.11. The molecule has 1 aliphatic heterocycles. The maximum atomic E-state index is 13.9. The first kappa shape index (κ1) is 28.1. The maximum Gasteiger partial charge on any atom is 0.273 e. The summed E-state index contributed by atoms with van der Waals surface area (Å²) >= 11 is 19.1. The maximum absolute atomic E-state index is 13.9. The third kappa shape index (κ3) is 5.19. The van der Waals surface area contributed by atoms with Crippen LogP contribution in [0, 0.1) is 5.92 Å². The van der Waals surface area contributed by atoms with Gasteiger partial charge in [0.2, 0.25) is 5.91 Å². The topological polar surface area (TPSA) is 125 Å². The summed E-state index contributed by atoms with van der Waals surface area (Å²) in [7, 11) is 1.81. The van der Waals surface area contributed by atoms with Crippen molar-refractivity contribution in [3.63, 3.8) is 0 Å². The van der Waals surface area contributed by atoms with E-state index in [0.717, 1.165) is 11.3 Å². The van der Waals surface area contributed by atoms with Crippen molar-refractivity contribution in [1.29, 1.82) is 0 Å². The van der Waals surface area contributed by atoms with E-state index in [0.29, 0.717) is 46.9 Å². The zero-order valence-electron chi connectivity index (χ0n) is 22.5. The number of aryl methyl sites for hydroxylation is 1. The fourth-order valence-corrected chi connectivity index (χ4v) is 5.74. The second-order valence-electron chi connectivity index (χ2n) is 10.1. The zero-order chi connectivity index (χ0) is 29.5. The van der Waals surface area contributed by atoms with Gasteiger partial charge >= 0.3 is 0 Å². The molecule has 1 N–H and O–H groups in total. The van der Waals surface area contributed by atoms with E-state index in [1.165, 1.54) is 21.8 Å². The van der Waals surface area contributed by atoms with Crippen molar-refractivity contribution in [2.24, 2.45) is 13.0 Å². The third-order valence-corrected chi connectivity index (χ3v) is 8.11. The van der Waals surface area contributed by atoms with Gasteiger partial charge in [0.15, 0.2) is 5.15 Å². The molecule has 0 aliphatic carbocycles. The van der Waals surface area contributed by atoms with Crippen LogP contribution in [0.15, 0.2) is 60.0 Å². The standard InChI is InChI=1S/C28H24Cl3N9O2/c1-15-4-3-5-22(19-10-16(8-9-32-19)26-20(35-27(15)41)12-34-38(26)2)39-14-33-25(24(31)28(39)42)18-11-17(29)6-7-21(18)40-13-23(30)36-37-40/h6-15,22H,3-5H2,1-2H3,(H,35,41). The average Bonchev–Trinajstić information content (AvgIpc) is 3.57. The van der Waals surface area contributed by atoms with Gasteiger partial charge in [-0.3, -0.25) is 23.8 Å². The molecule has 214 valence electrons. The number of nitrogens with zero attached hydrogens (tertiary/aromatic N) is 8. The quantitative estimate of drug-likeness (QED) is 0.277. The van der Waals surface area contributed by atoms with E-state index in [-0.39, 0.29) is 27.7 Å². The van der Waals surface area contributed by atoms with Gasteiger partial charge in [-0.1, -0.05) is 53.4 Å². The van der Waals surface area contributed by atoms with Crippen molar-refractivity contribution in [1.82, 2.24) is 39.3 Å². The number of rotatable bonds is 3. The molecule has 2 bridgehead atoms. The molecule has 1 aliphatic rings. The molecule has 5 heterocycles. The Morgan fingerprint density at radius 2 is 1.88 bits per heavy atom. The Kier molecular flexibility index (Phi) is 7.56. The molecule has 0 saturated carbocycles. The van der Waals surface area contributed by atoms with Crippen LogP contribution in [0.25, 0.3) is 28.2 Å². The van der Waals surface area contributed by atoms with Gasteiger partial charge in [-0.2, -0.15) is 5.10 Å². The van der Waals surface area contributed by atoms with Gasteiger partial charge in [0, 0.05) is 35.3 Å². The normalized spacial score (nSPS) is 17.2. The van der Waals surface area contributed by atoms with Gasteiger partial charge in [0.25, 0.3) is 5.56 Å². The fourth-order valence-electron chi connectivity index (χ4n) is 5.20. The lowest BCUT2D eigenvalue weighted by Crippen LogP contribution is -2.28. The predicted octanol–water partition coefficient (Wildman–Crippen LogP) is 5.59. The van der Waals surface area contributed by atoms with E-state index in [2.05, 4.69) is 30.7 Å². The number of carbonyl (C=O) groups is 1. The number of amides is 1. The van der Waals surface area contributed by atoms with Crippen LogP contribution >= 0.6 is 34.8 Å². The van der Waals surface area contributed by atoms with E-state index in [1.54, 1.807) is 35.3 Å². The summed E-state index contributed by atoms with van der Waals surface area (Å²) in [5.74, 6) is -0.343. The summed E-state index contributed by atoms with van der Waals surface area (Å²) in [5.41, 5.74) is 3.63. The predicted molar refractivity (Wildman–Crippen MR) is 160 cm³/mol. The van der Waals surface area contributed by atoms with E-state index in [1.807, 2.05) is 26.1 Å². The highest BCUT2D eigenvalue weighted by molar-refractivity contribution is 6.33. The Balaban J connectivity index is 1.47. The molecular formula is C28H24Cl3N9O2. The number of pyridine rings is 1. The molecule has 0 radical (unpaired) electrons. The van der Waals surface area contributed by atoms with Crippen molar-refractivity contribution in [3.05, 3.63) is 86.5 Å². The second kappa shape index (κ2) is 11.3. The van der Waals surface area contributed by atoms with E-state index in [9.17, 15) is 9.59 Å². The van der Waals surface area contributed by atoms with Crippen LogP contribution in [0.3, 0.4) is 0 Å². The number of hydrogen-bond donors (Lipinski definition) is 1. The van der Waals surface area contributed by atoms with Crippen LogP contribution in [0.5, 0.6) is 0 Å². The molecule has 14 heteroatoms. The largest absolute Gasteiger partial charge is 0.323 e. The van der Waals surface area contributed by atoms with Crippen LogP contribution < -0.4 is 10.9 Å². The molecule has 0 saturated heterocycles. The molecule has 2 unspecified atom stereocenters. The minimum Gasteiger partial charge on any atom is -0.323 e. The van der Waals surface area contributed by atoms with Crippen molar-refractivity contribution in [3.8, 4) is 28.2 Å². The Morgan fingerprint density at radius 1 is 1.05 bits per heavy atom. The first-order chi connectivity index (χ1) is 20.2. The SMILES string of the molecule is CC1CCCC(n2cnc(-c3cc(Cl)ccc3-n3cc(Cl)nn3)c(Cl)c2=O)c2cc(ccn2)-c2c(cnn2C)NC1=O. The second-order valence-corrected chi connectivity index (χ2v) is 11.3. The van der Waals surface area contributed by atoms with E-state index in [4.69, 9.17) is 34.8 Å². The van der Waals surface area contributed by atoms with Crippen LogP contribution in [-0.2, 0) is 11.8 Å². The van der Waals surface area contributed by atoms with Gasteiger partial charge < -0.3 is 5.32 Å². The number of benzene rings is 1. The minimum absolute atomic E-state index is 0.0869. The molecule has 1 amide bonds. The minimum atomic E-state index is -0.490. The lowest BCUT2D eigenvalue weighted by molar-refractivity contribution is -0.119. The Hall–Kier alpha value is -4.06. The Bertz CT molecular complexity index is 1880. The Morgan fingerprint density at radius 3 is 2.67 bits per heavy atom. The van der Waals surface area contributed by atoms with Crippen LogP contribution in [0.1, 0.15) is 37.9 Å². The zero-order valence-corrected chi connectivity index (χ0v) is 24.8. The number of hydrogen-bond acceptors (Lipinski definition) is 7. The van der Waals surface area contributed by atoms with Crippen molar-refractivity contribution >= 4 is 46.4 Å². The summed E-state index contributed by atoms with van der Waals surface area (Å²) in [4.78, 5) is 36.1. The molecule has 0 spiro atoms. The number of nitrogens with one attached hydrogen (secondary N) is 1. The Labute approximate surface area is 255 Å².